The normalized spacial score (nSPS) is 11.6. The molecule has 0 fully saturated rings. The molecule has 0 N–H and O–H groups in total. The second-order valence-corrected chi connectivity index (χ2v) is 12.4. The average Bonchev–Trinajstić information content (AvgIpc) is 3.76. The molecule has 0 amide bonds. The third-order valence-corrected chi connectivity index (χ3v) is 9.33. The molecule has 50 heavy (non-hydrogen) atoms. The molecule has 0 unspecified atom stereocenters. The molecule has 5 heteroatoms. The Labute approximate surface area is 287 Å². The SMILES string of the molecule is c1ccc(-c2nc(-c3ccc4c(c3)oc3ccccc34)nc(-c3cc(-c4ccccc4)c4c(c3)oc3cccc(-c5ccccc5)c34)n2)cc1. The molecule has 0 aliphatic heterocycles. The van der Waals surface area contributed by atoms with Crippen molar-refractivity contribution in [1.82, 2.24) is 15.0 Å². The van der Waals surface area contributed by atoms with Crippen molar-refractivity contribution >= 4 is 43.9 Å². The lowest BCUT2D eigenvalue weighted by Gasteiger charge is -2.11. The third-order valence-electron chi connectivity index (χ3n) is 9.33. The molecule has 3 aromatic heterocycles. The van der Waals surface area contributed by atoms with E-state index in [1.54, 1.807) is 0 Å². The van der Waals surface area contributed by atoms with Crippen LogP contribution in [0.25, 0.3) is 100 Å². The van der Waals surface area contributed by atoms with E-state index in [0.717, 1.165) is 82.8 Å². The van der Waals surface area contributed by atoms with E-state index >= 15 is 0 Å². The molecule has 10 rings (SSSR count). The highest BCUT2D eigenvalue weighted by Gasteiger charge is 2.21. The number of rotatable bonds is 5. The molecule has 234 valence electrons. The lowest BCUT2D eigenvalue weighted by Crippen LogP contribution is -2.00. The Balaban J connectivity index is 1.23. The number of nitrogens with zero attached hydrogens (tertiary/aromatic N) is 3. The first-order chi connectivity index (χ1) is 24.8. The number of para-hydroxylation sites is 1. The van der Waals surface area contributed by atoms with Gasteiger partial charge >= 0.3 is 0 Å². The van der Waals surface area contributed by atoms with Crippen LogP contribution in [0.15, 0.2) is 173 Å². The maximum absolute atomic E-state index is 6.66. The van der Waals surface area contributed by atoms with E-state index in [4.69, 9.17) is 23.8 Å². The molecule has 0 aliphatic rings. The van der Waals surface area contributed by atoms with Crippen LogP contribution < -0.4 is 0 Å². The van der Waals surface area contributed by atoms with Crippen LogP contribution in [0.3, 0.4) is 0 Å². The standard InChI is InChI=1S/C45H27N3O2/c1-4-13-28(14-5-1)33-20-12-22-38-41(33)42-36(29-15-6-2-7-16-29)25-32(27-40(42)50-38)45-47-43(30-17-8-3-9-18-30)46-44(48-45)31-23-24-35-34-19-10-11-21-37(34)49-39(35)26-31/h1-27H. The van der Waals surface area contributed by atoms with E-state index in [2.05, 4.69) is 91.0 Å². The van der Waals surface area contributed by atoms with E-state index in [9.17, 15) is 0 Å². The first kappa shape index (κ1) is 28.2. The Morgan fingerprint density at radius 2 is 0.820 bits per heavy atom. The first-order valence-electron chi connectivity index (χ1n) is 16.6. The van der Waals surface area contributed by atoms with Crippen LogP contribution >= 0.6 is 0 Å². The van der Waals surface area contributed by atoms with Crippen LogP contribution in [-0.4, -0.2) is 15.0 Å². The molecule has 0 atom stereocenters. The zero-order valence-corrected chi connectivity index (χ0v) is 26.7. The zero-order valence-electron chi connectivity index (χ0n) is 26.7. The maximum atomic E-state index is 6.66. The molecule has 0 radical (unpaired) electrons. The number of fused-ring (bicyclic) bond motifs is 6. The number of hydrogen-bond donors (Lipinski definition) is 0. The average molecular weight is 642 g/mol. The Morgan fingerprint density at radius 3 is 1.56 bits per heavy atom. The van der Waals surface area contributed by atoms with Crippen molar-refractivity contribution in [3.05, 3.63) is 164 Å². The molecule has 0 bridgehead atoms. The lowest BCUT2D eigenvalue weighted by atomic mass is 9.93. The van der Waals surface area contributed by atoms with Crippen molar-refractivity contribution in [3.8, 4) is 56.4 Å². The predicted octanol–water partition coefficient (Wildman–Crippen LogP) is 12.0. The summed E-state index contributed by atoms with van der Waals surface area (Å²) in [6.07, 6.45) is 0. The minimum atomic E-state index is 0.557. The molecular weight excluding hydrogens is 615 g/mol. The molecule has 0 spiro atoms. The molecule has 0 saturated carbocycles. The summed E-state index contributed by atoms with van der Waals surface area (Å²) in [7, 11) is 0. The fourth-order valence-corrected chi connectivity index (χ4v) is 6.99. The number of aromatic nitrogens is 3. The third kappa shape index (κ3) is 4.67. The fourth-order valence-electron chi connectivity index (χ4n) is 6.99. The summed E-state index contributed by atoms with van der Waals surface area (Å²) in [5.74, 6) is 1.71. The van der Waals surface area contributed by atoms with Crippen LogP contribution in [0.4, 0.5) is 0 Å². The van der Waals surface area contributed by atoms with Gasteiger partial charge in [0.2, 0.25) is 0 Å². The topological polar surface area (TPSA) is 65.0 Å². The van der Waals surface area contributed by atoms with E-state index in [0.29, 0.717) is 17.5 Å². The van der Waals surface area contributed by atoms with Gasteiger partial charge in [-0.15, -0.1) is 0 Å². The molecule has 5 nitrogen and oxygen atoms in total. The summed E-state index contributed by atoms with van der Waals surface area (Å²) >= 11 is 0. The number of hydrogen-bond acceptors (Lipinski definition) is 5. The minimum Gasteiger partial charge on any atom is -0.456 e. The van der Waals surface area contributed by atoms with Crippen molar-refractivity contribution in [1.29, 1.82) is 0 Å². The second kappa shape index (κ2) is 11.4. The van der Waals surface area contributed by atoms with Crippen molar-refractivity contribution < 1.29 is 8.83 Å². The van der Waals surface area contributed by atoms with Crippen molar-refractivity contribution in [3.63, 3.8) is 0 Å². The van der Waals surface area contributed by atoms with Crippen LogP contribution in [0, 0.1) is 0 Å². The minimum absolute atomic E-state index is 0.557. The van der Waals surface area contributed by atoms with Crippen molar-refractivity contribution in [2.24, 2.45) is 0 Å². The van der Waals surface area contributed by atoms with Gasteiger partial charge in [-0.25, -0.2) is 15.0 Å². The van der Waals surface area contributed by atoms with Gasteiger partial charge in [-0.2, -0.15) is 0 Å². The Bertz CT molecular complexity index is 2860. The highest BCUT2D eigenvalue weighted by atomic mass is 16.3. The summed E-state index contributed by atoms with van der Waals surface area (Å²) in [4.78, 5) is 15.2. The maximum Gasteiger partial charge on any atom is 0.164 e. The summed E-state index contributed by atoms with van der Waals surface area (Å²) in [5.41, 5.74) is 10.2. The summed E-state index contributed by atoms with van der Waals surface area (Å²) < 4.78 is 12.9. The fraction of sp³-hybridized carbons (Fsp3) is 0. The molecule has 3 heterocycles. The summed E-state index contributed by atoms with van der Waals surface area (Å²) in [6.45, 7) is 0. The quantitative estimate of drug-likeness (QED) is 0.187. The molecule has 0 aliphatic carbocycles. The highest BCUT2D eigenvalue weighted by Crippen LogP contribution is 2.43. The van der Waals surface area contributed by atoms with E-state index in [1.807, 2.05) is 72.8 Å². The van der Waals surface area contributed by atoms with Gasteiger partial charge in [-0.05, 0) is 58.7 Å². The van der Waals surface area contributed by atoms with Crippen LogP contribution in [0.5, 0.6) is 0 Å². The van der Waals surface area contributed by atoms with E-state index < -0.39 is 0 Å². The van der Waals surface area contributed by atoms with Gasteiger partial charge in [0.1, 0.15) is 22.3 Å². The second-order valence-electron chi connectivity index (χ2n) is 12.4. The monoisotopic (exact) mass is 641 g/mol. The van der Waals surface area contributed by atoms with Crippen molar-refractivity contribution in [2.45, 2.75) is 0 Å². The van der Waals surface area contributed by atoms with Gasteiger partial charge in [0.05, 0.1) is 0 Å². The van der Waals surface area contributed by atoms with Crippen LogP contribution in [-0.2, 0) is 0 Å². The van der Waals surface area contributed by atoms with Gasteiger partial charge in [0.25, 0.3) is 0 Å². The molecule has 7 aromatic carbocycles. The molecule has 10 aromatic rings. The predicted molar refractivity (Wildman–Crippen MR) is 202 cm³/mol. The van der Waals surface area contributed by atoms with Crippen molar-refractivity contribution in [2.75, 3.05) is 0 Å². The smallest absolute Gasteiger partial charge is 0.164 e. The van der Waals surface area contributed by atoms with Gasteiger partial charge < -0.3 is 8.83 Å². The van der Waals surface area contributed by atoms with Crippen LogP contribution in [0.1, 0.15) is 0 Å². The highest BCUT2D eigenvalue weighted by molar-refractivity contribution is 6.18. The van der Waals surface area contributed by atoms with Gasteiger partial charge in [-0.1, -0.05) is 127 Å². The summed E-state index contributed by atoms with van der Waals surface area (Å²) in [6, 6.07) is 55.7. The Kier molecular flexibility index (Phi) is 6.42. The van der Waals surface area contributed by atoms with Gasteiger partial charge in [0.15, 0.2) is 17.5 Å². The number of furan rings is 2. The first-order valence-corrected chi connectivity index (χ1v) is 16.6. The zero-order chi connectivity index (χ0) is 33.0. The number of benzene rings is 7. The van der Waals surface area contributed by atoms with E-state index in [-0.39, 0.29) is 0 Å². The van der Waals surface area contributed by atoms with Gasteiger partial charge in [0, 0.05) is 38.2 Å². The Morgan fingerprint density at radius 1 is 0.300 bits per heavy atom. The van der Waals surface area contributed by atoms with Gasteiger partial charge in [-0.3, -0.25) is 0 Å². The Hall–Kier alpha value is -6.85. The summed E-state index contributed by atoms with van der Waals surface area (Å²) in [5, 5.41) is 4.28. The van der Waals surface area contributed by atoms with E-state index in [1.165, 1.54) is 0 Å². The lowest BCUT2D eigenvalue weighted by molar-refractivity contribution is 0.669. The largest absolute Gasteiger partial charge is 0.456 e. The molecule has 0 saturated heterocycles. The molecular formula is C45H27N3O2. The van der Waals surface area contributed by atoms with Crippen LogP contribution in [0.2, 0.25) is 0 Å².